The van der Waals surface area contributed by atoms with Crippen LogP contribution < -0.4 is 0 Å². The second kappa shape index (κ2) is 5.25. The van der Waals surface area contributed by atoms with Gasteiger partial charge in [0.2, 0.25) is 5.78 Å². The molecule has 0 N–H and O–H groups in total. The van der Waals surface area contributed by atoms with Crippen molar-refractivity contribution in [2.45, 2.75) is 6.42 Å². The Labute approximate surface area is 117 Å². The summed E-state index contributed by atoms with van der Waals surface area (Å²) in [5, 5.41) is 1.03. The minimum atomic E-state index is -0.125. The summed E-state index contributed by atoms with van der Waals surface area (Å²) in [6.07, 6.45) is 0.190. The van der Waals surface area contributed by atoms with E-state index in [1.807, 2.05) is 0 Å². The molecule has 0 aliphatic rings. The molecule has 0 bridgehead atoms. The number of furan rings is 1. The number of ketones is 1. The van der Waals surface area contributed by atoms with Crippen LogP contribution in [0.2, 0.25) is 10.0 Å². The minimum absolute atomic E-state index is 0.125. The lowest BCUT2D eigenvalue weighted by atomic mass is 10.1. The van der Waals surface area contributed by atoms with E-state index in [0.717, 1.165) is 5.56 Å². The summed E-state index contributed by atoms with van der Waals surface area (Å²) < 4.78 is 5.71. The molecule has 0 radical (unpaired) electrons. The van der Waals surface area contributed by atoms with E-state index in [9.17, 15) is 4.79 Å². The first-order valence-corrected chi connectivity index (χ1v) is 6.33. The van der Waals surface area contributed by atoms with Gasteiger partial charge in [-0.25, -0.2) is 0 Å². The minimum Gasteiger partial charge on any atom is -0.446 e. The Morgan fingerprint density at radius 2 is 2.00 bits per heavy atom. The zero-order valence-corrected chi connectivity index (χ0v) is 11.6. The average Bonchev–Trinajstić information content (AvgIpc) is 2.69. The molecule has 0 fully saturated rings. The Hall–Kier alpha value is -0.770. The van der Waals surface area contributed by atoms with Crippen LogP contribution in [0.15, 0.2) is 39.4 Å². The first-order chi connectivity index (χ1) is 8.06. The lowest BCUT2D eigenvalue weighted by Crippen LogP contribution is -2.02. The van der Waals surface area contributed by atoms with E-state index >= 15 is 0 Å². The van der Waals surface area contributed by atoms with Crippen molar-refractivity contribution in [3.63, 3.8) is 0 Å². The third kappa shape index (κ3) is 3.12. The van der Waals surface area contributed by atoms with Gasteiger partial charge in [0.15, 0.2) is 10.4 Å². The molecule has 88 valence electrons. The predicted octanol–water partition coefficient (Wildman–Crippen LogP) is 4.77. The first-order valence-electron chi connectivity index (χ1n) is 4.79. The maximum Gasteiger partial charge on any atom is 0.202 e. The lowest BCUT2D eigenvalue weighted by molar-refractivity contribution is 0.0965. The van der Waals surface area contributed by atoms with Crippen molar-refractivity contribution < 1.29 is 9.21 Å². The van der Waals surface area contributed by atoms with Crippen molar-refractivity contribution in [3.8, 4) is 0 Å². The van der Waals surface area contributed by atoms with Crippen molar-refractivity contribution in [2.75, 3.05) is 0 Å². The summed E-state index contributed by atoms with van der Waals surface area (Å²) in [6.45, 7) is 0. The van der Waals surface area contributed by atoms with Crippen LogP contribution in [0.5, 0.6) is 0 Å². The highest BCUT2D eigenvalue weighted by Gasteiger charge is 2.13. The molecular weight excluding hydrogens is 327 g/mol. The Bertz CT molecular complexity index is 563. The van der Waals surface area contributed by atoms with Crippen molar-refractivity contribution in [1.82, 2.24) is 0 Å². The molecule has 2 aromatic rings. The molecule has 0 aliphatic heterocycles. The van der Waals surface area contributed by atoms with E-state index in [1.54, 1.807) is 30.3 Å². The van der Waals surface area contributed by atoms with E-state index < -0.39 is 0 Å². The van der Waals surface area contributed by atoms with Crippen LogP contribution in [0.1, 0.15) is 16.1 Å². The molecule has 0 amide bonds. The van der Waals surface area contributed by atoms with Crippen LogP contribution in [0.25, 0.3) is 0 Å². The SMILES string of the molecule is O=C(Cc1ccc(Cl)cc1Cl)c1ccc(Br)o1. The molecule has 5 heteroatoms. The molecule has 0 spiro atoms. The van der Waals surface area contributed by atoms with Gasteiger partial charge in [0.1, 0.15) is 0 Å². The molecule has 0 aliphatic carbocycles. The summed E-state index contributed by atoms with van der Waals surface area (Å²) in [4.78, 5) is 11.9. The van der Waals surface area contributed by atoms with Crippen LogP contribution >= 0.6 is 39.1 Å². The number of carbonyl (C=O) groups is 1. The largest absolute Gasteiger partial charge is 0.446 e. The van der Waals surface area contributed by atoms with Crippen molar-refractivity contribution in [3.05, 3.63) is 56.4 Å². The third-order valence-electron chi connectivity index (χ3n) is 2.21. The van der Waals surface area contributed by atoms with Gasteiger partial charge in [-0.3, -0.25) is 4.79 Å². The van der Waals surface area contributed by atoms with Crippen molar-refractivity contribution >= 4 is 44.9 Å². The molecule has 1 aromatic carbocycles. The van der Waals surface area contributed by atoms with Gasteiger partial charge in [-0.1, -0.05) is 29.3 Å². The summed E-state index contributed by atoms with van der Waals surface area (Å²) in [5.74, 6) is 0.183. The number of halogens is 3. The molecule has 1 heterocycles. The highest BCUT2D eigenvalue weighted by Crippen LogP contribution is 2.23. The normalized spacial score (nSPS) is 10.5. The summed E-state index contributed by atoms with van der Waals surface area (Å²) in [7, 11) is 0. The molecule has 2 rings (SSSR count). The van der Waals surface area contributed by atoms with Gasteiger partial charge in [-0.15, -0.1) is 0 Å². The van der Waals surface area contributed by atoms with Crippen LogP contribution in [0.3, 0.4) is 0 Å². The van der Waals surface area contributed by atoms with Crippen molar-refractivity contribution in [1.29, 1.82) is 0 Å². The average molecular weight is 334 g/mol. The first kappa shape index (κ1) is 12.7. The van der Waals surface area contributed by atoms with Crippen molar-refractivity contribution in [2.24, 2.45) is 0 Å². The smallest absolute Gasteiger partial charge is 0.202 e. The van der Waals surface area contributed by atoms with Gasteiger partial charge in [-0.05, 0) is 45.8 Å². The number of rotatable bonds is 3. The van der Waals surface area contributed by atoms with E-state index in [4.69, 9.17) is 27.6 Å². The second-order valence-corrected chi connectivity index (χ2v) is 5.06. The number of Topliss-reactive ketones (excluding diaryl/α,β-unsaturated/α-hetero) is 1. The number of carbonyl (C=O) groups excluding carboxylic acids is 1. The maximum absolute atomic E-state index is 11.9. The Balaban J connectivity index is 2.18. The molecule has 0 atom stereocenters. The zero-order valence-electron chi connectivity index (χ0n) is 8.54. The molecule has 1 aromatic heterocycles. The quantitative estimate of drug-likeness (QED) is 0.757. The molecule has 0 unspecified atom stereocenters. The van der Waals surface area contributed by atoms with Crippen LogP contribution in [0.4, 0.5) is 0 Å². The predicted molar refractivity (Wildman–Crippen MR) is 70.9 cm³/mol. The summed E-state index contributed by atoms with van der Waals surface area (Å²) in [6, 6.07) is 8.35. The van der Waals surface area contributed by atoms with E-state index in [1.165, 1.54) is 0 Å². The summed E-state index contributed by atoms with van der Waals surface area (Å²) in [5.41, 5.74) is 0.730. The molecule has 0 saturated carbocycles. The number of hydrogen-bond donors (Lipinski definition) is 0. The Morgan fingerprint density at radius 3 is 2.59 bits per heavy atom. The molecule has 17 heavy (non-hydrogen) atoms. The van der Waals surface area contributed by atoms with Gasteiger partial charge in [0, 0.05) is 16.5 Å². The summed E-state index contributed by atoms with van der Waals surface area (Å²) >= 11 is 14.9. The van der Waals surface area contributed by atoms with Crippen LogP contribution in [-0.2, 0) is 6.42 Å². The standard InChI is InChI=1S/C12H7BrCl2O2/c13-12-4-3-11(17-12)10(16)5-7-1-2-8(14)6-9(7)15/h1-4,6H,5H2. The van der Waals surface area contributed by atoms with Gasteiger partial charge in [-0.2, -0.15) is 0 Å². The fraction of sp³-hybridized carbons (Fsp3) is 0.0833. The van der Waals surface area contributed by atoms with Crippen LogP contribution in [0, 0.1) is 0 Å². The van der Waals surface area contributed by atoms with Gasteiger partial charge in [0.05, 0.1) is 0 Å². The fourth-order valence-electron chi connectivity index (χ4n) is 1.39. The van der Waals surface area contributed by atoms with E-state index in [2.05, 4.69) is 15.9 Å². The maximum atomic E-state index is 11.9. The second-order valence-electron chi connectivity index (χ2n) is 3.44. The topological polar surface area (TPSA) is 30.2 Å². The number of benzene rings is 1. The molecule has 0 saturated heterocycles. The van der Waals surface area contributed by atoms with Gasteiger partial charge >= 0.3 is 0 Å². The Kier molecular flexibility index (Phi) is 3.92. The van der Waals surface area contributed by atoms with Gasteiger partial charge in [0.25, 0.3) is 0 Å². The lowest BCUT2D eigenvalue weighted by Gasteiger charge is -2.02. The van der Waals surface area contributed by atoms with Crippen LogP contribution in [-0.4, -0.2) is 5.78 Å². The number of hydrogen-bond acceptors (Lipinski definition) is 2. The Morgan fingerprint density at radius 1 is 1.24 bits per heavy atom. The van der Waals surface area contributed by atoms with E-state index in [-0.39, 0.29) is 12.2 Å². The van der Waals surface area contributed by atoms with E-state index in [0.29, 0.717) is 20.5 Å². The highest BCUT2D eigenvalue weighted by molar-refractivity contribution is 9.10. The highest BCUT2D eigenvalue weighted by atomic mass is 79.9. The third-order valence-corrected chi connectivity index (χ3v) is 3.23. The zero-order chi connectivity index (χ0) is 12.4. The monoisotopic (exact) mass is 332 g/mol. The fourth-order valence-corrected chi connectivity index (χ4v) is 2.17. The van der Waals surface area contributed by atoms with Gasteiger partial charge < -0.3 is 4.42 Å². The molecular formula is C12H7BrCl2O2. The molecule has 2 nitrogen and oxygen atoms in total.